The first kappa shape index (κ1) is 27.4. The van der Waals surface area contributed by atoms with Crippen LogP contribution in [0.15, 0.2) is 35.2 Å². The summed E-state index contributed by atoms with van der Waals surface area (Å²) in [6.45, 7) is 4.89. The summed E-state index contributed by atoms with van der Waals surface area (Å²) in [6, 6.07) is 5.64. The zero-order valence-corrected chi connectivity index (χ0v) is 22.0. The van der Waals surface area contributed by atoms with E-state index in [2.05, 4.69) is 20.3 Å². The van der Waals surface area contributed by atoms with E-state index in [1.807, 2.05) is 0 Å². The van der Waals surface area contributed by atoms with Gasteiger partial charge >= 0.3 is 12.2 Å². The van der Waals surface area contributed by atoms with E-state index in [0.29, 0.717) is 49.4 Å². The minimum absolute atomic E-state index is 0.0548. The first-order chi connectivity index (χ1) is 19.0. The fraction of sp³-hybridized carbons (Fsp3) is 0.444. The fourth-order valence-corrected chi connectivity index (χ4v) is 5.34. The number of nitriles is 1. The number of aliphatic hydroxyl groups is 1. The van der Waals surface area contributed by atoms with Gasteiger partial charge in [-0.3, -0.25) is 10.1 Å². The second kappa shape index (κ2) is 10.4. The van der Waals surface area contributed by atoms with Crippen LogP contribution >= 0.6 is 0 Å². The van der Waals surface area contributed by atoms with Gasteiger partial charge in [-0.05, 0) is 51.2 Å². The Morgan fingerprint density at radius 2 is 1.95 bits per heavy atom. The van der Waals surface area contributed by atoms with Crippen molar-refractivity contribution < 1.29 is 27.5 Å². The number of fused-ring (bicyclic) bond motifs is 1. The lowest BCUT2D eigenvalue weighted by molar-refractivity contribution is -0.137. The molecule has 0 spiro atoms. The molecule has 0 atom stereocenters. The van der Waals surface area contributed by atoms with E-state index < -0.39 is 22.9 Å². The van der Waals surface area contributed by atoms with E-state index in [1.54, 1.807) is 29.7 Å². The smallest absolute Gasteiger partial charge is 0.419 e. The number of rotatable bonds is 5. The number of likely N-dealkylation sites (tertiary alicyclic amines) is 1. The molecule has 5 rings (SSSR count). The Hall–Kier alpha value is -4.18. The third kappa shape index (κ3) is 5.44. The van der Waals surface area contributed by atoms with E-state index in [-0.39, 0.29) is 42.3 Å². The molecule has 2 aliphatic rings. The van der Waals surface area contributed by atoms with Crippen molar-refractivity contribution in [2.24, 2.45) is 5.92 Å². The van der Waals surface area contributed by atoms with Crippen molar-refractivity contribution in [1.29, 1.82) is 5.26 Å². The highest BCUT2D eigenvalue weighted by Crippen LogP contribution is 2.40. The second-order valence-corrected chi connectivity index (χ2v) is 10.5. The van der Waals surface area contributed by atoms with E-state index in [0.717, 1.165) is 6.07 Å². The Kier molecular flexibility index (Phi) is 7.14. The number of halogens is 3. The van der Waals surface area contributed by atoms with Crippen LogP contribution in [-0.4, -0.2) is 56.1 Å². The lowest BCUT2D eigenvalue weighted by atomic mass is 9.83. The quantitative estimate of drug-likeness (QED) is 0.473. The highest BCUT2D eigenvalue weighted by molar-refractivity contribution is 5.92. The van der Waals surface area contributed by atoms with Gasteiger partial charge in [0.15, 0.2) is 5.69 Å². The van der Waals surface area contributed by atoms with Gasteiger partial charge in [-0.15, -0.1) is 0 Å². The number of aromatic nitrogens is 3. The summed E-state index contributed by atoms with van der Waals surface area (Å²) < 4.78 is 47.0. The summed E-state index contributed by atoms with van der Waals surface area (Å²) in [7, 11) is 0. The highest BCUT2D eigenvalue weighted by Gasteiger charge is 2.39. The highest BCUT2D eigenvalue weighted by atomic mass is 19.4. The van der Waals surface area contributed by atoms with Gasteiger partial charge in [-0.25, -0.2) is 9.97 Å². The first-order valence-electron chi connectivity index (χ1n) is 12.9. The van der Waals surface area contributed by atoms with E-state index >= 15 is 0 Å². The van der Waals surface area contributed by atoms with Crippen LogP contribution < -0.4 is 10.2 Å². The zero-order chi connectivity index (χ0) is 28.7. The average Bonchev–Trinajstić information content (AvgIpc) is 3.39. The molecule has 1 fully saturated rings. The van der Waals surface area contributed by atoms with Crippen molar-refractivity contribution in [2.45, 2.75) is 51.4 Å². The van der Waals surface area contributed by atoms with E-state index in [9.17, 15) is 28.3 Å². The molecule has 1 aromatic carbocycles. The lowest BCUT2D eigenvalue weighted by Gasteiger charge is -2.37. The monoisotopic (exact) mass is 555 g/mol. The molecule has 0 saturated carbocycles. The van der Waals surface area contributed by atoms with Crippen LogP contribution in [0.25, 0.3) is 0 Å². The molecule has 2 N–H and O–H groups in total. The van der Waals surface area contributed by atoms with Crippen molar-refractivity contribution in [3.63, 3.8) is 0 Å². The number of anilines is 3. The van der Waals surface area contributed by atoms with E-state index in [1.165, 1.54) is 24.7 Å². The molecule has 10 nitrogen and oxygen atoms in total. The van der Waals surface area contributed by atoms with Crippen LogP contribution in [-0.2, 0) is 19.1 Å². The first-order valence-corrected chi connectivity index (χ1v) is 12.9. The minimum Gasteiger partial charge on any atom is -0.431 e. The maximum atomic E-state index is 13.8. The predicted molar refractivity (Wildman–Crippen MR) is 138 cm³/mol. The number of carbonyl (C=O) groups is 1. The molecule has 2 aromatic heterocycles. The van der Waals surface area contributed by atoms with Crippen LogP contribution in [0.2, 0.25) is 0 Å². The molecule has 4 heterocycles. The predicted octanol–water partition coefficient (Wildman–Crippen LogP) is 4.28. The Morgan fingerprint density at radius 3 is 2.62 bits per heavy atom. The van der Waals surface area contributed by atoms with Crippen molar-refractivity contribution in [3.05, 3.63) is 58.9 Å². The third-order valence-electron chi connectivity index (χ3n) is 7.52. The van der Waals surface area contributed by atoms with Gasteiger partial charge in [-0.1, -0.05) is 6.07 Å². The maximum Gasteiger partial charge on any atom is 0.419 e. The number of carbonyl (C=O) groups excluding carboxylic acids is 1. The number of alkyl halides is 3. The molecule has 0 aliphatic carbocycles. The largest absolute Gasteiger partial charge is 0.431 e. The van der Waals surface area contributed by atoms with Gasteiger partial charge in [-0.2, -0.15) is 23.4 Å². The van der Waals surface area contributed by atoms with Gasteiger partial charge in [0.05, 0.1) is 40.7 Å². The maximum absolute atomic E-state index is 13.8. The van der Waals surface area contributed by atoms with Gasteiger partial charge in [0.1, 0.15) is 18.4 Å². The molecule has 0 radical (unpaired) electrons. The number of nitrogens with one attached hydrogen (secondary N) is 1. The molecular formula is C27H28F3N7O3. The zero-order valence-electron chi connectivity index (χ0n) is 22.0. The Labute approximate surface area is 228 Å². The SMILES string of the molecule is CC(C)(O)C1CCN(C(=O)c2coc(Nc3ncnc4c3CCN(c3cccc(C#N)c3C(F)(F)F)C4)n2)CC1. The van der Waals surface area contributed by atoms with Crippen LogP contribution in [0, 0.1) is 17.2 Å². The van der Waals surface area contributed by atoms with E-state index in [4.69, 9.17) is 4.42 Å². The molecule has 0 bridgehead atoms. The van der Waals surface area contributed by atoms with Crippen LogP contribution in [0.3, 0.4) is 0 Å². The lowest BCUT2D eigenvalue weighted by Crippen LogP contribution is -2.44. The number of amides is 1. The summed E-state index contributed by atoms with van der Waals surface area (Å²) in [6.07, 6.45) is -0.423. The Morgan fingerprint density at radius 1 is 1.20 bits per heavy atom. The average molecular weight is 556 g/mol. The molecule has 1 saturated heterocycles. The normalized spacial score (nSPS) is 16.4. The molecule has 2 aliphatic heterocycles. The Balaban J connectivity index is 1.30. The van der Waals surface area contributed by atoms with Crippen molar-refractivity contribution in [1.82, 2.24) is 19.9 Å². The van der Waals surface area contributed by atoms with Gasteiger partial charge in [0, 0.05) is 25.2 Å². The minimum atomic E-state index is -4.69. The number of oxazole rings is 1. The summed E-state index contributed by atoms with van der Waals surface area (Å²) in [5, 5.41) is 22.5. The van der Waals surface area contributed by atoms with Crippen LogP contribution in [0.5, 0.6) is 0 Å². The number of nitrogens with zero attached hydrogens (tertiary/aromatic N) is 6. The number of benzene rings is 1. The summed E-state index contributed by atoms with van der Waals surface area (Å²) in [5.74, 6) is 0.228. The summed E-state index contributed by atoms with van der Waals surface area (Å²) in [4.78, 5) is 29.0. The van der Waals surface area contributed by atoms with Crippen molar-refractivity contribution >= 4 is 23.4 Å². The molecule has 0 unspecified atom stereocenters. The number of hydrogen-bond donors (Lipinski definition) is 2. The van der Waals surface area contributed by atoms with Crippen molar-refractivity contribution in [3.8, 4) is 6.07 Å². The molecule has 3 aromatic rings. The molecule has 210 valence electrons. The van der Waals surface area contributed by atoms with Crippen LogP contribution in [0.4, 0.5) is 30.7 Å². The Bertz CT molecular complexity index is 1450. The van der Waals surface area contributed by atoms with Gasteiger partial charge < -0.3 is 19.3 Å². The number of piperidine rings is 1. The standard InChI is InChI=1S/C27H28F3N7O3/c1-26(2,39)17-6-9-36(10-7-17)24(38)20-14-40-25(34-20)35-23-18-8-11-37(13-19(18)32-15-33-23)21-5-3-4-16(12-31)22(21)27(28,29)30/h3-5,14-15,17,39H,6-11,13H2,1-2H3,(H,32,33,34,35). The second-order valence-electron chi connectivity index (χ2n) is 10.5. The van der Waals surface area contributed by atoms with Gasteiger partial charge in [0.25, 0.3) is 5.91 Å². The van der Waals surface area contributed by atoms with Gasteiger partial charge in [0.2, 0.25) is 0 Å². The molecule has 40 heavy (non-hydrogen) atoms. The fourth-order valence-electron chi connectivity index (χ4n) is 5.34. The number of hydrogen-bond acceptors (Lipinski definition) is 9. The van der Waals surface area contributed by atoms with Crippen molar-refractivity contribution in [2.75, 3.05) is 29.9 Å². The summed E-state index contributed by atoms with van der Waals surface area (Å²) in [5.41, 5.74) is -0.912. The summed E-state index contributed by atoms with van der Waals surface area (Å²) >= 11 is 0. The molecular weight excluding hydrogens is 527 g/mol. The van der Waals surface area contributed by atoms with Crippen LogP contribution in [0.1, 0.15) is 59.6 Å². The molecule has 1 amide bonds. The third-order valence-corrected chi connectivity index (χ3v) is 7.52. The molecule has 13 heteroatoms. The topological polar surface area (TPSA) is 131 Å².